The number of aromatic nitrogens is 2. The Morgan fingerprint density at radius 1 is 1.47 bits per heavy atom. The van der Waals surface area contributed by atoms with E-state index in [4.69, 9.17) is 4.74 Å². The van der Waals surface area contributed by atoms with Crippen molar-refractivity contribution in [2.45, 2.75) is 39.3 Å². The molecule has 1 aromatic heterocycles. The first-order valence-electron chi connectivity index (χ1n) is 6.35. The van der Waals surface area contributed by atoms with Gasteiger partial charge in [0.2, 0.25) is 0 Å². The summed E-state index contributed by atoms with van der Waals surface area (Å²) in [4.78, 5) is 9.14. The first-order chi connectivity index (χ1) is 8.24. The van der Waals surface area contributed by atoms with Crippen molar-refractivity contribution in [3.8, 4) is 0 Å². The Bertz CT molecular complexity index is 377. The smallest absolute Gasteiger partial charge is 0.157 e. The molecule has 2 rings (SSSR count). The molecule has 0 aliphatic heterocycles. The van der Waals surface area contributed by atoms with Crippen molar-refractivity contribution in [2.75, 3.05) is 13.7 Å². The lowest BCUT2D eigenvalue weighted by molar-refractivity contribution is 0.0397. The van der Waals surface area contributed by atoms with Gasteiger partial charge in [0, 0.05) is 18.8 Å². The summed E-state index contributed by atoms with van der Waals surface area (Å²) in [5.41, 5.74) is 2.06. The van der Waals surface area contributed by atoms with Crippen LogP contribution in [-0.4, -0.2) is 23.6 Å². The average molecular weight is 235 g/mol. The van der Waals surface area contributed by atoms with E-state index in [0.717, 1.165) is 30.4 Å². The number of aryl methyl sites for hydroxylation is 1. The Morgan fingerprint density at radius 3 is 2.82 bits per heavy atom. The van der Waals surface area contributed by atoms with E-state index in [-0.39, 0.29) is 6.10 Å². The summed E-state index contributed by atoms with van der Waals surface area (Å²) in [5.74, 6) is 1.48. The van der Waals surface area contributed by atoms with Crippen LogP contribution in [0.15, 0.2) is 6.07 Å². The number of ether oxygens (including phenoxy) is 1. The molecule has 0 radical (unpaired) electrons. The first-order valence-corrected chi connectivity index (χ1v) is 6.35. The zero-order valence-electron chi connectivity index (χ0n) is 10.9. The highest BCUT2D eigenvalue weighted by molar-refractivity contribution is 5.12. The van der Waals surface area contributed by atoms with Crippen molar-refractivity contribution >= 4 is 0 Å². The summed E-state index contributed by atoms with van der Waals surface area (Å²) in [5, 5.41) is 3.12. The molecule has 0 amide bonds. The molecule has 1 fully saturated rings. The van der Waals surface area contributed by atoms with Crippen LogP contribution < -0.4 is 5.32 Å². The van der Waals surface area contributed by atoms with Crippen LogP contribution in [-0.2, 0) is 11.3 Å². The van der Waals surface area contributed by atoms with E-state index in [1.54, 1.807) is 0 Å². The third kappa shape index (κ3) is 3.23. The van der Waals surface area contributed by atoms with E-state index in [9.17, 15) is 0 Å². The molecule has 94 valence electrons. The van der Waals surface area contributed by atoms with Crippen LogP contribution in [0.2, 0.25) is 0 Å². The Labute approximate surface area is 103 Å². The van der Waals surface area contributed by atoms with Crippen LogP contribution in [0.1, 0.15) is 43.1 Å². The highest BCUT2D eigenvalue weighted by Crippen LogP contribution is 2.42. The molecule has 1 unspecified atom stereocenters. The molecule has 1 saturated carbocycles. The Kier molecular flexibility index (Phi) is 4.07. The summed E-state index contributed by atoms with van der Waals surface area (Å²) in [6, 6.07) is 2.02. The first kappa shape index (κ1) is 12.5. The molecule has 0 spiro atoms. The van der Waals surface area contributed by atoms with Gasteiger partial charge in [-0.3, -0.25) is 0 Å². The Balaban J connectivity index is 2.22. The molecule has 1 aliphatic rings. The van der Waals surface area contributed by atoms with Crippen LogP contribution in [0.25, 0.3) is 0 Å². The van der Waals surface area contributed by atoms with Crippen LogP contribution in [0.4, 0.5) is 0 Å². The van der Waals surface area contributed by atoms with Gasteiger partial charge in [-0.15, -0.1) is 0 Å². The Morgan fingerprint density at radius 2 is 2.24 bits per heavy atom. The lowest BCUT2D eigenvalue weighted by atomic mass is 10.2. The average Bonchev–Trinajstić information content (AvgIpc) is 3.09. The van der Waals surface area contributed by atoms with Gasteiger partial charge in [0.1, 0.15) is 6.10 Å². The molecule has 1 N–H and O–H groups in total. The third-order valence-electron chi connectivity index (χ3n) is 2.93. The fourth-order valence-corrected chi connectivity index (χ4v) is 2.06. The molecule has 4 nitrogen and oxygen atoms in total. The normalized spacial score (nSPS) is 17.1. The van der Waals surface area contributed by atoms with Crippen molar-refractivity contribution in [2.24, 2.45) is 5.92 Å². The van der Waals surface area contributed by atoms with Crippen LogP contribution >= 0.6 is 0 Å². The lowest BCUT2D eigenvalue weighted by Gasteiger charge is -2.16. The van der Waals surface area contributed by atoms with Gasteiger partial charge in [-0.1, -0.05) is 0 Å². The van der Waals surface area contributed by atoms with E-state index >= 15 is 0 Å². The largest absolute Gasteiger partial charge is 0.370 e. The summed E-state index contributed by atoms with van der Waals surface area (Å²) in [6.07, 6.45) is 2.57. The predicted molar refractivity (Wildman–Crippen MR) is 66.6 cm³/mol. The quantitative estimate of drug-likeness (QED) is 0.819. The van der Waals surface area contributed by atoms with Gasteiger partial charge in [0.15, 0.2) is 5.82 Å². The predicted octanol–water partition coefficient (Wildman–Crippen LogP) is 1.99. The van der Waals surface area contributed by atoms with Gasteiger partial charge in [-0.25, -0.2) is 9.97 Å². The minimum Gasteiger partial charge on any atom is -0.370 e. The topological polar surface area (TPSA) is 47.0 Å². The van der Waals surface area contributed by atoms with Crippen LogP contribution in [0.5, 0.6) is 0 Å². The second-order valence-corrected chi connectivity index (χ2v) is 4.60. The molecule has 0 saturated heterocycles. The molecule has 0 aromatic carbocycles. The number of rotatable bonds is 6. The van der Waals surface area contributed by atoms with E-state index in [1.807, 2.05) is 27.0 Å². The van der Waals surface area contributed by atoms with Crippen molar-refractivity contribution in [1.29, 1.82) is 0 Å². The standard InChI is InChI=1S/C13H21N3O/c1-4-17-12(10-5-6-10)13-15-9(2)7-11(16-13)8-14-3/h7,10,12,14H,4-6,8H2,1-3H3. The number of hydrogen-bond donors (Lipinski definition) is 1. The summed E-state index contributed by atoms with van der Waals surface area (Å²) in [6.45, 7) is 5.54. The van der Waals surface area contributed by atoms with Crippen molar-refractivity contribution in [1.82, 2.24) is 15.3 Å². The molecule has 1 heterocycles. The van der Waals surface area contributed by atoms with Crippen molar-refractivity contribution in [3.05, 3.63) is 23.3 Å². The van der Waals surface area contributed by atoms with Gasteiger partial charge in [-0.05, 0) is 45.7 Å². The fourth-order valence-electron chi connectivity index (χ4n) is 2.06. The minimum atomic E-state index is 0.0931. The monoisotopic (exact) mass is 235 g/mol. The fraction of sp³-hybridized carbons (Fsp3) is 0.692. The SMILES string of the molecule is CCOC(c1nc(C)cc(CNC)n1)C1CC1. The van der Waals surface area contributed by atoms with Gasteiger partial charge in [-0.2, -0.15) is 0 Å². The number of hydrogen-bond acceptors (Lipinski definition) is 4. The summed E-state index contributed by atoms with van der Waals surface area (Å²) >= 11 is 0. The maximum atomic E-state index is 5.79. The second kappa shape index (κ2) is 5.56. The summed E-state index contributed by atoms with van der Waals surface area (Å²) < 4.78 is 5.79. The van der Waals surface area contributed by atoms with E-state index in [1.165, 1.54) is 12.8 Å². The Hall–Kier alpha value is -1.00. The van der Waals surface area contributed by atoms with E-state index in [0.29, 0.717) is 5.92 Å². The van der Waals surface area contributed by atoms with Gasteiger partial charge in [0.05, 0.1) is 5.69 Å². The molecule has 4 heteroatoms. The van der Waals surface area contributed by atoms with Gasteiger partial charge >= 0.3 is 0 Å². The molecule has 1 aliphatic carbocycles. The number of nitrogens with one attached hydrogen (secondary N) is 1. The van der Waals surface area contributed by atoms with Crippen molar-refractivity contribution in [3.63, 3.8) is 0 Å². The van der Waals surface area contributed by atoms with Crippen LogP contribution in [0.3, 0.4) is 0 Å². The molecule has 0 bridgehead atoms. The van der Waals surface area contributed by atoms with Gasteiger partial charge in [0.25, 0.3) is 0 Å². The highest BCUT2D eigenvalue weighted by Gasteiger charge is 2.35. The second-order valence-electron chi connectivity index (χ2n) is 4.60. The zero-order valence-corrected chi connectivity index (χ0v) is 10.9. The molecular formula is C13H21N3O. The maximum Gasteiger partial charge on any atom is 0.157 e. The lowest BCUT2D eigenvalue weighted by Crippen LogP contribution is -2.15. The zero-order chi connectivity index (χ0) is 12.3. The molecule has 1 atom stereocenters. The minimum absolute atomic E-state index is 0.0931. The molecule has 1 aromatic rings. The molecular weight excluding hydrogens is 214 g/mol. The highest BCUT2D eigenvalue weighted by atomic mass is 16.5. The maximum absolute atomic E-state index is 5.79. The van der Waals surface area contributed by atoms with Crippen LogP contribution in [0, 0.1) is 12.8 Å². The summed E-state index contributed by atoms with van der Waals surface area (Å²) in [7, 11) is 1.93. The number of nitrogens with zero attached hydrogens (tertiary/aromatic N) is 2. The van der Waals surface area contributed by atoms with Crippen molar-refractivity contribution < 1.29 is 4.74 Å². The third-order valence-corrected chi connectivity index (χ3v) is 2.93. The van der Waals surface area contributed by atoms with Gasteiger partial charge < -0.3 is 10.1 Å². The molecule has 17 heavy (non-hydrogen) atoms. The van der Waals surface area contributed by atoms with E-state index in [2.05, 4.69) is 15.3 Å². The van der Waals surface area contributed by atoms with E-state index < -0.39 is 0 Å².